The molecule has 0 bridgehead atoms. The second-order valence-electron chi connectivity index (χ2n) is 4.05. The average molecular weight is 220 g/mol. The predicted molar refractivity (Wildman–Crippen MR) is 62.4 cm³/mol. The van der Waals surface area contributed by atoms with Gasteiger partial charge in [-0.1, -0.05) is 0 Å². The number of benzene rings is 1. The SMILES string of the molecule is NC(=O)c1ccc(NCC2CCOC2)cc1. The van der Waals surface area contributed by atoms with Crippen molar-refractivity contribution in [2.45, 2.75) is 6.42 Å². The lowest BCUT2D eigenvalue weighted by Crippen LogP contribution is -2.14. The predicted octanol–water partition coefficient (Wildman–Crippen LogP) is 1.23. The number of nitrogens with one attached hydrogen (secondary N) is 1. The zero-order chi connectivity index (χ0) is 11.4. The van der Waals surface area contributed by atoms with Crippen molar-refractivity contribution in [1.29, 1.82) is 0 Å². The van der Waals surface area contributed by atoms with Crippen LogP contribution in [0.2, 0.25) is 0 Å². The number of primary amides is 1. The minimum Gasteiger partial charge on any atom is -0.385 e. The fraction of sp³-hybridized carbons (Fsp3) is 0.417. The summed E-state index contributed by atoms with van der Waals surface area (Å²) in [5.74, 6) is 0.201. The molecule has 4 nitrogen and oxygen atoms in total. The molecular weight excluding hydrogens is 204 g/mol. The fourth-order valence-electron chi connectivity index (χ4n) is 1.76. The molecule has 86 valence electrons. The van der Waals surface area contributed by atoms with Crippen molar-refractivity contribution in [2.24, 2.45) is 11.7 Å². The lowest BCUT2D eigenvalue weighted by molar-refractivity contribution is 0.100. The van der Waals surface area contributed by atoms with Crippen LogP contribution in [-0.4, -0.2) is 25.7 Å². The quantitative estimate of drug-likeness (QED) is 0.802. The number of rotatable bonds is 4. The van der Waals surface area contributed by atoms with Crippen LogP contribution in [0.15, 0.2) is 24.3 Å². The average Bonchev–Trinajstić information content (AvgIpc) is 2.80. The molecule has 0 aliphatic carbocycles. The van der Waals surface area contributed by atoms with Gasteiger partial charge >= 0.3 is 0 Å². The summed E-state index contributed by atoms with van der Waals surface area (Å²) in [5.41, 5.74) is 6.71. The van der Waals surface area contributed by atoms with Gasteiger partial charge in [0.1, 0.15) is 0 Å². The lowest BCUT2D eigenvalue weighted by Gasteiger charge is -2.10. The third-order valence-electron chi connectivity index (χ3n) is 2.79. The Morgan fingerprint density at radius 3 is 2.75 bits per heavy atom. The Morgan fingerprint density at radius 1 is 1.44 bits per heavy atom. The van der Waals surface area contributed by atoms with Crippen LogP contribution in [0.3, 0.4) is 0 Å². The smallest absolute Gasteiger partial charge is 0.248 e. The number of hydrogen-bond acceptors (Lipinski definition) is 3. The van der Waals surface area contributed by atoms with E-state index in [1.807, 2.05) is 12.1 Å². The van der Waals surface area contributed by atoms with Crippen LogP contribution >= 0.6 is 0 Å². The summed E-state index contributed by atoms with van der Waals surface area (Å²) in [6, 6.07) is 7.21. The van der Waals surface area contributed by atoms with Gasteiger partial charge in [-0.3, -0.25) is 4.79 Å². The van der Waals surface area contributed by atoms with E-state index in [0.717, 1.165) is 31.9 Å². The third-order valence-corrected chi connectivity index (χ3v) is 2.79. The first-order valence-electron chi connectivity index (χ1n) is 5.47. The highest BCUT2D eigenvalue weighted by atomic mass is 16.5. The number of nitrogens with two attached hydrogens (primary N) is 1. The van der Waals surface area contributed by atoms with Crippen LogP contribution in [-0.2, 0) is 4.74 Å². The Morgan fingerprint density at radius 2 is 2.19 bits per heavy atom. The van der Waals surface area contributed by atoms with Crippen LogP contribution in [0.25, 0.3) is 0 Å². The van der Waals surface area contributed by atoms with Gasteiger partial charge in [0.15, 0.2) is 0 Å². The Balaban J connectivity index is 1.87. The second-order valence-corrected chi connectivity index (χ2v) is 4.05. The number of amides is 1. The van der Waals surface area contributed by atoms with Crippen LogP contribution in [0, 0.1) is 5.92 Å². The van der Waals surface area contributed by atoms with Crippen molar-refractivity contribution >= 4 is 11.6 Å². The van der Waals surface area contributed by atoms with E-state index in [2.05, 4.69) is 5.32 Å². The van der Waals surface area contributed by atoms with Crippen LogP contribution in [0.1, 0.15) is 16.8 Å². The summed E-state index contributed by atoms with van der Waals surface area (Å²) in [5, 5.41) is 3.32. The minimum atomic E-state index is -0.393. The largest absolute Gasteiger partial charge is 0.385 e. The van der Waals surface area contributed by atoms with Crippen molar-refractivity contribution in [3.05, 3.63) is 29.8 Å². The van der Waals surface area contributed by atoms with E-state index >= 15 is 0 Å². The van der Waals surface area contributed by atoms with Gasteiger partial charge in [0.25, 0.3) is 0 Å². The molecule has 0 spiro atoms. The highest BCUT2D eigenvalue weighted by Gasteiger charge is 2.14. The molecule has 1 fully saturated rings. The summed E-state index contributed by atoms with van der Waals surface area (Å²) in [4.78, 5) is 10.9. The maximum absolute atomic E-state index is 10.9. The first kappa shape index (κ1) is 11.0. The molecule has 1 aromatic carbocycles. The number of hydrogen-bond donors (Lipinski definition) is 2. The zero-order valence-corrected chi connectivity index (χ0v) is 9.11. The van der Waals surface area contributed by atoms with Gasteiger partial charge in [0.2, 0.25) is 5.91 Å². The van der Waals surface area contributed by atoms with Gasteiger partial charge in [-0.25, -0.2) is 0 Å². The second kappa shape index (κ2) is 4.99. The molecule has 16 heavy (non-hydrogen) atoms. The molecule has 0 radical (unpaired) electrons. The number of anilines is 1. The van der Waals surface area contributed by atoms with E-state index in [-0.39, 0.29) is 0 Å². The molecule has 1 heterocycles. The first-order chi connectivity index (χ1) is 7.75. The summed E-state index contributed by atoms with van der Waals surface area (Å²) >= 11 is 0. The van der Waals surface area contributed by atoms with Crippen molar-refractivity contribution in [3.63, 3.8) is 0 Å². The lowest BCUT2D eigenvalue weighted by atomic mass is 10.1. The molecule has 0 aromatic heterocycles. The van der Waals surface area contributed by atoms with Crippen LogP contribution in [0.5, 0.6) is 0 Å². The van der Waals surface area contributed by atoms with E-state index in [9.17, 15) is 4.79 Å². The number of carbonyl (C=O) groups excluding carboxylic acids is 1. The molecule has 1 aromatic rings. The molecule has 4 heteroatoms. The van der Waals surface area contributed by atoms with Crippen LogP contribution in [0.4, 0.5) is 5.69 Å². The van der Waals surface area contributed by atoms with Gasteiger partial charge in [-0.15, -0.1) is 0 Å². The Hall–Kier alpha value is -1.55. The normalized spacial score (nSPS) is 19.6. The van der Waals surface area contributed by atoms with Crippen LogP contribution < -0.4 is 11.1 Å². The Labute approximate surface area is 94.8 Å². The molecule has 1 amide bonds. The third kappa shape index (κ3) is 2.73. The maximum atomic E-state index is 10.9. The van der Waals surface area contributed by atoms with Gasteiger partial charge in [0.05, 0.1) is 6.61 Å². The Bertz CT molecular complexity index is 356. The van der Waals surface area contributed by atoms with Gasteiger partial charge < -0.3 is 15.8 Å². The topological polar surface area (TPSA) is 64.4 Å². The maximum Gasteiger partial charge on any atom is 0.248 e. The molecule has 3 N–H and O–H groups in total. The highest BCUT2D eigenvalue weighted by Crippen LogP contribution is 2.14. The number of ether oxygens (including phenoxy) is 1. The summed E-state index contributed by atoms with van der Waals surface area (Å²) in [6.45, 7) is 2.62. The van der Waals surface area contributed by atoms with E-state index in [4.69, 9.17) is 10.5 Å². The monoisotopic (exact) mass is 220 g/mol. The molecule has 1 saturated heterocycles. The molecule has 2 rings (SSSR count). The standard InChI is InChI=1S/C12H16N2O2/c13-12(15)10-1-3-11(4-2-10)14-7-9-5-6-16-8-9/h1-4,9,14H,5-8H2,(H2,13,15). The van der Waals surface area contributed by atoms with Crippen molar-refractivity contribution < 1.29 is 9.53 Å². The van der Waals surface area contributed by atoms with E-state index in [1.54, 1.807) is 12.1 Å². The molecule has 1 aliphatic rings. The molecule has 1 atom stereocenters. The highest BCUT2D eigenvalue weighted by molar-refractivity contribution is 5.93. The summed E-state index contributed by atoms with van der Waals surface area (Å²) in [7, 11) is 0. The number of carbonyl (C=O) groups is 1. The summed E-state index contributed by atoms with van der Waals surface area (Å²) < 4.78 is 5.29. The summed E-state index contributed by atoms with van der Waals surface area (Å²) in [6.07, 6.45) is 1.12. The first-order valence-corrected chi connectivity index (χ1v) is 5.47. The Kier molecular flexibility index (Phi) is 3.41. The van der Waals surface area contributed by atoms with Gasteiger partial charge in [-0.05, 0) is 30.7 Å². The minimum absolute atomic E-state index is 0.393. The zero-order valence-electron chi connectivity index (χ0n) is 9.11. The molecule has 0 saturated carbocycles. The van der Waals surface area contributed by atoms with E-state index in [0.29, 0.717) is 11.5 Å². The van der Waals surface area contributed by atoms with Gasteiger partial charge in [0, 0.05) is 30.3 Å². The van der Waals surface area contributed by atoms with Crippen molar-refractivity contribution in [1.82, 2.24) is 0 Å². The molecule has 1 unspecified atom stereocenters. The fourth-order valence-corrected chi connectivity index (χ4v) is 1.76. The molecular formula is C12H16N2O2. The van der Waals surface area contributed by atoms with E-state index < -0.39 is 5.91 Å². The van der Waals surface area contributed by atoms with E-state index in [1.165, 1.54) is 0 Å². The van der Waals surface area contributed by atoms with Gasteiger partial charge in [-0.2, -0.15) is 0 Å². The van der Waals surface area contributed by atoms with Crippen molar-refractivity contribution in [2.75, 3.05) is 25.1 Å². The van der Waals surface area contributed by atoms with Crippen molar-refractivity contribution in [3.8, 4) is 0 Å². The molecule has 1 aliphatic heterocycles.